The Morgan fingerprint density at radius 2 is 2.00 bits per heavy atom. The fourth-order valence-corrected chi connectivity index (χ4v) is 3.00. The maximum absolute atomic E-state index is 13.7. The minimum Gasteiger partial charge on any atom is -0.346 e. The van der Waals surface area contributed by atoms with Gasteiger partial charge >= 0.3 is 0 Å². The van der Waals surface area contributed by atoms with Crippen LogP contribution in [0.2, 0.25) is 0 Å². The highest BCUT2D eigenvalue weighted by molar-refractivity contribution is 5.97. The van der Waals surface area contributed by atoms with Crippen molar-refractivity contribution in [2.45, 2.75) is 37.6 Å². The van der Waals surface area contributed by atoms with E-state index in [1.165, 1.54) is 6.07 Å². The van der Waals surface area contributed by atoms with E-state index in [-0.39, 0.29) is 17.3 Å². The molecule has 0 unspecified atom stereocenters. The van der Waals surface area contributed by atoms with Crippen molar-refractivity contribution in [2.75, 3.05) is 0 Å². The molecule has 0 radical (unpaired) electrons. The summed E-state index contributed by atoms with van der Waals surface area (Å²) in [7, 11) is 0. The minimum absolute atomic E-state index is 0.109. The number of nitrogens with one attached hydrogen (secondary N) is 1. The maximum atomic E-state index is 13.7. The molecule has 16 heavy (non-hydrogen) atoms. The van der Waals surface area contributed by atoms with Crippen LogP contribution in [0.25, 0.3) is 0 Å². The molecule has 1 aliphatic heterocycles. The van der Waals surface area contributed by atoms with Gasteiger partial charge in [0.25, 0.3) is 5.91 Å². The molecule has 1 spiro atoms. The van der Waals surface area contributed by atoms with Crippen molar-refractivity contribution >= 4 is 5.91 Å². The van der Waals surface area contributed by atoms with Gasteiger partial charge in [-0.2, -0.15) is 0 Å². The summed E-state index contributed by atoms with van der Waals surface area (Å²) in [5.74, 6) is -0.346. The van der Waals surface area contributed by atoms with E-state index in [0.29, 0.717) is 17.5 Å². The smallest absolute Gasteiger partial charge is 0.252 e. The molecule has 1 amide bonds. The van der Waals surface area contributed by atoms with E-state index in [0.717, 1.165) is 25.7 Å². The molecule has 0 bridgehead atoms. The number of hydrogen-bond acceptors (Lipinski definition) is 1. The molecule has 2 aliphatic rings. The van der Waals surface area contributed by atoms with Crippen LogP contribution < -0.4 is 5.32 Å². The lowest BCUT2D eigenvalue weighted by Gasteiger charge is -2.35. The van der Waals surface area contributed by atoms with Crippen LogP contribution in [0.15, 0.2) is 18.2 Å². The van der Waals surface area contributed by atoms with Crippen molar-refractivity contribution in [3.63, 3.8) is 0 Å². The Morgan fingerprint density at radius 1 is 1.25 bits per heavy atom. The second-order valence-corrected chi connectivity index (χ2v) is 4.88. The second kappa shape index (κ2) is 3.30. The molecule has 1 saturated carbocycles. The first-order valence-corrected chi connectivity index (χ1v) is 5.80. The van der Waals surface area contributed by atoms with Gasteiger partial charge in [0.15, 0.2) is 0 Å². The van der Waals surface area contributed by atoms with Gasteiger partial charge in [-0.05, 0) is 31.4 Å². The number of amides is 1. The zero-order chi connectivity index (χ0) is 11.2. The van der Waals surface area contributed by atoms with Crippen molar-refractivity contribution in [3.8, 4) is 0 Å². The lowest BCUT2D eigenvalue weighted by atomic mass is 9.83. The van der Waals surface area contributed by atoms with Gasteiger partial charge in [-0.15, -0.1) is 0 Å². The van der Waals surface area contributed by atoms with E-state index >= 15 is 0 Å². The summed E-state index contributed by atoms with van der Waals surface area (Å²) in [6.07, 6.45) is 4.87. The summed E-state index contributed by atoms with van der Waals surface area (Å²) in [5, 5.41) is 3.07. The number of rotatable bonds is 0. The lowest BCUT2D eigenvalue weighted by molar-refractivity contribution is 0.0878. The largest absolute Gasteiger partial charge is 0.346 e. The molecule has 84 valence electrons. The van der Waals surface area contributed by atoms with Gasteiger partial charge in [-0.3, -0.25) is 4.79 Å². The number of carbonyl (C=O) groups is 1. The normalized spacial score (nSPS) is 21.9. The Labute approximate surface area is 93.9 Å². The van der Waals surface area contributed by atoms with Crippen LogP contribution in [0.1, 0.15) is 41.6 Å². The summed E-state index contributed by atoms with van der Waals surface area (Å²) >= 11 is 0. The number of hydrogen-bond donors (Lipinski definition) is 1. The zero-order valence-electron chi connectivity index (χ0n) is 9.05. The van der Waals surface area contributed by atoms with Crippen LogP contribution in [0, 0.1) is 5.82 Å². The van der Waals surface area contributed by atoms with E-state index in [1.807, 2.05) is 0 Å². The van der Waals surface area contributed by atoms with E-state index in [2.05, 4.69) is 5.32 Å². The third kappa shape index (κ3) is 1.34. The predicted molar refractivity (Wildman–Crippen MR) is 58.8 cm³/mol. The van der Waals surface area contributed by atoms with Crippen molar-refractivity contribution in [3.05, 3.63) is 35.1 Å². The predicted octanol–water partition coefficient (Wildman–Crippen LogP) is 2.42. The fourth-order valence-electron chi connectivity index (χ4n) is 3.00. The molecule has 3 heteroatoms. The molecule has 2 nitrogen and oxygen atoms in total. The Kier molecular flexibility index (Phi) is 2.03. The first-order valence-electron chi connectivity index (χ1n) is 5.80. The van der Waals surface area contributed by atoms with Crippen LogP contribution in [0.4, 0.5) is 4.39 Å². The molecule has 1 aromatic carbocycles. The number of fused-ring (bicyclic) bond motifs is 1. The highest BCUT2D eigenvalue weighted by atomic mass is 19.1. The molecule has 3 rings (SSSR count). The summed E-state index contributed by atoms with van der Waals surface area (Å²) in [6, 6.07) is 4.75. The van der Waals surface area contributed by atoms with Crippen molar-refractivity contribution < 1.29 is 9.18 Å². The van der Waals surface area contributed by atoms with E-state index in [4.69, 9.17) is 0 Å². The number of halogens is 1. The van der Waals surface area contributed by atoms with Crippen molar-refractivity contribution in [1.82, 2.24) is 5.32 Å². The van der Waals surface area contributed by atoms with E-state index < -0.39 is 0 Å². The van der Waals surface area contributed by atoms with Gasteiger partial charge in [-0.25, -0.2) is 4.39 Å². The van der Waals surface area contributed by atoms with Crippen LogP contribution in [-0.4, -0.2) is 11.4 Å². The SMILES string of the molecule is O=C1NC2(CCCC2)Cc2c(F)cccc21. The highest BCUT2D eigenvalue weighted by Gasteiger charge is 2.40. The fraction of sp³-hybridized carbons (Fsp3) is 0.462. The Balaban J connectivity index is 2.07. The maximum Gasteiger partial charge on any atom is 0.252 e. The average Bonchev–Trinajstić information content (AvgIpc) is 2.68. The molecule has 1 aliphatic carbocycles. The molecule has 1 heterocycles. The molecule has 1 N–H and O–H groups in total. The Morgan fingerprint density at radius 3 is 2.75 bits per heavy atom. The number of carbonyl (C=O) groups excluding carboxylic acids is 1. The molecular weight excluding hydrogens is 205 g/mol. The molecule has 1 aromatic rings. The van der Waals surface area contributed by atoms with Gasteiger partial charge in [-0.1, -0.05) is 18.9 Å². The molecular formula is C13H14FNO. The quantitative estimate of drug-likeness (QED) is 0.713. The molecule has 0 atom stereocenters. The first-order chi connectivity index (χ1) is 7.70. The highest BCUT2D eigenvalue weighted by Crippen LogP contribution is 2.37. The third-order valence-corrected chi connectivity index (χ3v) is 3.82. The molecule has 0 aromatic heterocycles. The van der Waals surface area contributed by atoms with Crippen molar-refractivity contribution in [1.29, 1.82) is 0 Å². The van der Waals surface area contributed by atoms with Gasteiger partial charge in [0.05, 0.1) is 0 Å². The van der Waals surface area contributed by atoms with E-state index in [1.54, 1.807) is 12.1 Å². The van der Waals surface area contributed by atoms with Gasteiger partial charge in [0, 0.05) is 16.7 Å². The van der Waals surface area contributed by atoms with Gasteiger partial charge < -0.3 is 5.32 Å². The molecule has 1 fully saturated rings. The summed E-state index contributed by atoms with van der Waals surface area (Å²) in [4.78, 5) is 11.9. The minimum atomic E-state index is -0.237. The van der Waals surface area contributed by atoms with Crippen LogP contribution in [0.5, 0.6) is 0 Å². The summed E-state index contributed by atoms with van der Waals surface area (Å²) < 4.78 is 13.7. The van der Waals surface area contributed by atoms with E-state index in [9.17, 15) is 9.18 Å². The van der Waals surface area contributed by atoms with Crippen LogP contribution in [0.3, 0.4) is 0 Å². The standard InChI is InChI=1S/C13H14FNO/c14-11-5-3-4-9-10(11)8-13(15-12(9)16)6-1-2-7-13/h3-5H,1-2,6-8H2,(H,15,16). The second-order valence-electron chi connectivity index (χ2n) is 4.88. The monoisotopic (exact) mass is 219 g/mol. The van der Waals surface area contributed by atoms with Crippen LogP contribution >= 0.6 is 0 Å². The Bertz CT molecular complexity index is 449. The third-order valence-electron chi connectivity index (χ3n) is 3.82. The van der Waals surface area contributed by atoms with Gasteiger partial charge in [0.1, 0.15) is 5.82 Å². The van der Waals surface area contributed by atoms with Crippen LogP contribution in [-0.2, 0) is 6.42 Å². The van der Waals surface area contributed by atoms with Gasteiger partial charge in [0.2, 0.25) is 0 Å². The zero-order valence-corrected chi connectivity index (χ0v) is 9.05. The number of benzene rings is 1. The lowest BCUT2D eigenvalue weighted by Crippen LogP contribution is -2.52. The Hall–Kier alpha value is -1.38. The molecule has 0 saturated heterocycles. The summed E-state index contributed by atoms with van der Waals surface area (Å²) in [6.45, 7) is 0. The topological polar surface area (TPSA) is 29.1 Å². The summed E-state index contributed by atoms with van der Waals surface area (Å²) in [5.41, 5.74) is 0.956. The average molecular weight is 219 g/mol. The first kappa shape index (κ1) is 9.82. The van der Waals surface area contributed by atoms with Crippen molar-refractivity contribution in [2.24, 2.45) is 0 Å².